The first-order valence-corrected chi connectivity index (χ1v) is 6.15. The molecule has 0 heterocycles. The fourth-order valence-corrected chi connectivity index (χ4v) is 2.41. The van der Waals surface area contributed by atoms with Gasteiger partial charge in [0.05, 0.1) is 0 Å². The molecule has 0 aromatic rings. The van der Waals surface area contributed by atoms with E-state index < -0.39 is 0 Å². The van der Waals surface area contributed by atoms with Crippen molar-refractivity contribution >= 4 is 5.91 Å². The molecule has 0 spiro atoms. The van der Waals surface area contributed by atoms with Crippen LogP contribution in [0.15, 0.2) is 0 Å². The van der Waals surface area contributed by atoms with Crippen molar-refractivity contribution in [1.82, 2.24) is 5.32 Å². The lowest BCUT2D eigenvalue weighted by molar-refractivity contribution is -0.123. The molecule has 1 amide bonds. The second kappa shape index (κ2) is 4.02. The first-order valence-electron chi connectivity index (χ1n) is 6.15. The number of amides is 1. The molecule has 0 aromatic carbocycles. The highest BCUT2D eigenvalue weighted by molar-refractivity contribution is 5.84. The minimum atomic E-state index is 0.0499. The van der Waals surface area contributed by atoms with E-state index in [-0.39, 0.29) is 28.7 Å². The van der Waals surface area contributed by atoms with Crippen LogP contribution in [-0.4, -0.2) is 18.5 Å². The number of nitrogens with two attached hydrogens (primary N) is 1. The Bertz CT molecular complexity index is 268. The zero-order valence-corrected chi connectivity index (χ0v) is 11.4. The van der Waals surface area contributed by atoms with E-state index in [0.29, 0.717) is 12.5 Å². The zero-order chi connectivity index (χ0) is 12.7. The summed E-state index contributed by atoms with van der Waals surface area (Å²) in [4.78, 5) is 12.0. The number of carbonyl (C=O) groups excluding carboxylic acids is 1. The van der Waals surface area contributed by atoms with Crippen molar-refractivity contribution in [3.05, 3.63) is 0 Å². The summed E-state index contributed by atoms with van der Waals surface area (Å²) >= 11 is 0. The molecule has 1 aliphatic rings. The molecule has 3 nitrogen and oxygen atoms in total. The molecule has 0 aromatic heterocycles. The predicted octanol–water partition coefficient (Wildman–Crippen LogP) is 1.77. The van der Waals surface area contributed by atoms with E-state index in [1.54, 1.807) is 0 Å². The molecule has 1 rings (SSSR count). The number of rotatable bonds is 4. The van der Waals surface area contributed by atoms with Crippen molar-refractivity contribution in [2.45, 2.75) is 47.6 Å². The van der Waals surface area contributed by atoms with Crippen LogP contribution < -0.4 is 11.1 Å². The van der Waals surface area contributed by atoms with Gasteiger partial charge in [0.15, 0.2) is 0 Å². The molecule has 0 aliphatic heterocycles. The molecule has 1 atom stereocenters. The minimum Gasteiger partial charge on any atom is -0.354 e. The van der Waals surface area contributed by atoms with E-state index in [4.69, 9.17) is 5.73 Å². The lowest BCUT2D eigenvalue weighted by Crippen LogP contribution is -2.41. The van der Waals surface area contributed by atoms with Crippen molar-refractivity contribution in [2.75, 3.05) is 6.54 Å². The minimum absolute atomic E-state index is 0.0499. The van der Waals surface area contributed by atoms with Crippen molar-refractivity contribution in [3.63, 3.8) is 0 Å². The number of hydrogen-bond acceptors (Lipinski definition) is 2. The number of nitrogens with one attached hydrogen (secondary N) is 1. The lowest BCUT2D eigenvalue weighted by atomic mass is 10.0. The van der Waals surface area contributed by atoms with Gasteiger partial charge in [-0.25, -0.2) is 0 Å². The van der Waals surface area contributed by atoms with Gasteiger partial charge in [-0.1, -0.05) is 41.5 Å². The van der Waals surface area contributed by atoms with Crippen LogP contribution in [-0.2, 0) is 4.79 Å². The fraction of sp³-hybridized carbons (Fsp3) is 0.923. The first-order chi connectivity index (χ1) is 7.12. The largest absolute Gasteiger partial charge is 0.354 e. The van der Waals surface area contributed by atoms with Gasteiger partial charge in [-0.05, 0) is 16.7 Å². The monoisotopic (exact) mass is 226 g/mol. The Morgan fingerprint density at radius 1 is 1.25 bits per heavy atom. The predicted molar refractivity (Wildman–Crippen MR) is 66.9 cm³/mol. The number of hydrogen-bond donors (Lipinski definition) is 2. The van der Waals surface area contributed by atoms with Crippen LogP contribution >= 0.6 is 0 Å². The quantitative estimate of drug-likeness (QED) is 0.767. The van der Waals surface area contributed by atoms with E-state index in [1.807, 2.05) is 0 Å². The summed E-state index contributed by atoms with van der Waals surface area (Å²) in [5.74, 6) is 0.686. The highest BCUT2D eigenvalue weighted by Crippen LogP contribution is 2.68. The summed E-state index contributed by atoms with van der Waals surface area (Å²) < 4.78 is 0. The third-order valence-corrected chi connectivity index (χ3v) is 4.65. The topological polar surface area (TPSA) is 55.1 Å². The average molecular weight is 226 g/mol. The van der Waals surface area contributed by atoms with Gasteiger partial charge in [0.1, 0.15) is 0 Å². The molecule has 1 aliphatic carbocycles. The Hall–Kier alpha value is -0.570. The second-order valence-electron chi connectivity index (χ2n) is 6.53. The Labute approximate surface area is 99.2 Å². The lowest BCUT2D eigenvalue weighted by Gasteiger charge is -2.16. The molecule has 3 N–H and O–H groups in total. The zero-order valence-electron chi connectivity index (χ0n) is 11.4. The molecule has 1 unspecified atom stereocenters. The van der Waals surface area contributed by atoms with Gasteiger partial charge in [-0.15, -0.1) is 0 Å². The highest BCUT2D eigenvalue weighted by atomic mass is 16.2. The van der Waals surface area contributed by atoms with Gasteiger partial charge in [-0.3, -0.25) is 4.79 Å². The van der Waals surface area contributed by atoms with E-state index in [2.05, 4.69) is 46.9 Å². The standard InChI is InChI=1S/C13H26N2O/c1-8(2)9(14)7-15-11(16)10-12(3,4)13(10,5)6/h8-10H,7,14H2,1-6H3,(H,15,16). The third kappa shape index (κ3) is 2.10. The summed E-state index contributed by atoms with van der Waals surface area (Å²) in [5.41, 5.74) is 6.13. The maximum atomic E-state index is 12.0. The highest BCUT2D eigenvalue weighted by Gasteiger charge is 2.68. The smallest absolute Gasteiger partial charge is 0.224 e. The second-order valence-corrected chi connectivity index (χ2v) is 6.53. The van der Waals surface area contributed by atoms with Crippen molar-refractivity contribution in [1.29, 1.82) is 0 Å². The molecule has 0 radical (unpaired) electrons. The molecular weight excluding hydrogens is 200 g/mol. The normalized spacial score (nSPS) is 24.2. The fourth-order valence-electron chi connectivity index (χ4n) is 2.41. The summed E-state index contributed by atoms with van der Waals surface area (Å²) in [7, 11) is 0. The van der Waals surface area contributed by atoms with Crippen LogP contribution in [0.1, 0.15) is 41.5 Å². The van der Waals surface area contributed by atoms with Crippen LogP contribution in [0.3, 0.4) is 0 Å². The van der Waals surface area contributed by atoms with Gasteiger partial charge in [0.25, 0.3) is 0 Å². The molecule has 16 heavy (non-hydrogen) atoms. The van der Waals surface area contributed by atoms with Crippen LogP contribution in [0.5, 0.6) is 0 Å². The Kier molecular flexibility index (Phi) is 3.39. The van der Waals surface area contributed by atoms with E-state index in [0.717, 1.165) is 0 Å². The van der Waals surface area contributed by atoms with E-state index in [1.165, 1.54) is 0 Å². The number of carbonyl (C=O) groups is 1. The van der Waals surface area contributed by atoms with Crippen molar-refractivity contribution in [3.8, 4) is 0 Å². The first kappa shape index (κ1) is 13.5. The Balaban J connectivity index is 2.45. The summed E-state index contributed by atoms with van der Waals surface area (Å²) in [6, 6.07) is 0.0499. The van der Waals surface area contributed by atoms with Crippen molar-refractivity contribution < 1.29 is 4.79 Å². The van der Waals surface area contributed by atoms with Crippen LogP contribution in [0.4, 0.5) is 0 Å². The molecule has 0 bridgehead atoms. The maximum absolute atomic E-state index is 12.0. The maximum Gasteiger partial charge on any atom is 0.224 e. The Morgan fingerprint density at radius 3 is 2.00 bits per heavy atom. The molecule has 94 valence electrons. The van der Waals surface area contributed by atoms with E-state index in [9.17, 15) is 4.79 Å². The summed E-state index contributed by atoms with van der Waals surface area (Å²) in [5, 5.41) is 2.97. The van der Waals surface area contributed by atoms with Gasteiger partial charge >= 0.3 is 0 Å². The van der Waals surface area contributed by atoms with Gasteiger partial charge in [0, 0.05) is 18.5 Å². The van der Waals surface area contributed by atoms with Gasteiger partial charge in [0.2, 0.25) is 5.91 Å². The average Bonchev–Trinajstić information content (AvgIpc) is 2.53. The van der Waals surface area contributed by atoms with E-state index >= 15 is 0 Å². The van der Waals surface area contributed by atoms with Crippen LogP contribution in [0.2, 0.25) is 0 Å². The molecule has 0 saturated heterocycles. The molecule has 1 saturated carbocycles. The molecule has 1 fully saturated rings. The third-order valence-electron chi connectivity index (χ3n) is 4.65. The van der Waals surface area contributed by atoms with Crippen molar-refractivity contribution in [2.24, 2.45) is 28.4 Å². The Morgan fingerprint density at radius 2 is 1.69 bits per heavy atom. The SMILES string of the molecule is CC(C)C(N)CNC(=O)C1C(C)(C)C1(C)C. The van der Waals surface area contributed by atoms with Crippen LogP contribution in [0.25, 0.3) is 0 Å². The molecule has 3 heteroatoms. The summed E-state index contributed by atoms with van der Waals surface area (Å²) in [6.07, 6.45) is 0. The molecular formula is C13H26N2O. The summed E-state index contributed by atoms with van der Waals surface area (Å²) in [6.45, 7) is 13.3. The van der Waals surface area contributed by atoms with Gasteiger partial charge < -0.3 is 11.1 Å². The van der Waals surface area contributed by atoms with Crippen LogP contribution in [0, 0.1) is 22.7 Å². The van der Waals surface area contributed by atoms with Gasteiger partial charge in [-0.2, -0.15) is 0 Å².